The number of ether oxygens (including phenoxy) is 1. The number of carboxylic acids is 1. The second-order valence-corrected chi connectivity index (χ2v) is 7.48. The summed E-state index contributed by atoms with van der Waals surface area (Å²) in [6, 6.07) is 7.64. The fourth-order valence-electron chi connectivity index (χ4n) is 3.45. The van der Waals surface area contributed by atoms with Gasteiger partial charge in [0.2, 0.25) is 11.8 Å². The van der Waals surface area contributed by atoms with Gasteiger partial charge in [-0.15, -0.1) is 0 Å². The third kappa shape index (κ3) is 4.59. The molecule has 27 heavy (non-hydrogen) atoms. The van der Waals surface area contributed by atoms with Gasteiger partial charge < -0.3 is 19.6 Å². The number of hydrogen-bond acceptors (Lipinski definition) is 4. The molecule has 146 valence electrons. The lowest BCUT2D eigenvalue weighted by Crippen LogP contribution is -2.42. The molecule has 7 heteroatoms. The molecule has 0 aromatic heterocycles. The maximum Gasteiger partial charge on any atom is 0.308 e. The number of amides is 2. The molecule has 2 fully saturated rings. The van der Waals surface area contributed by atoms with Gasteiger partial charge in [0.05, 0.1) is 18.9 Å². The summed E-state index contributed by atoms with van der Waals surface area (Å²) in [7, 11) is 1.60. The molecule has 1 aromatic rings. The summed E-state index contributed by atoms with van der Waals surface area (Å²) in [5.41, 5.74) is 0.982. The fraction of sp³-hybridized carbons (Fsp3) is 0.550. The van der Waals surface area contributed by atoms with Gasteiger partial charge in [-0.05, 0) is 30.5 Å². The number of rotatable bonds is 8. The summed E-state index contributed by atoms with van der Waals surface area (Å²) in [4.78, 5) is 39.9. The van der Waals surface area contributed by atoms with Gasteiger partial charge in [0.15, 0.2) is 0 Å². The van der Waals surface area contributed by atoms with Crippen molar-refractivity contribution in [2.45, 2.75) is 38.8 Å². The average Bonchev–Trinajstić information content (AvgIpc) is 3.43. The van der Waals surface area contributed by atoms with Crippen LogP contribution in [0.5, 0.6) is 5.75 Å². The SMILES string of the molecule is COc1ccc(CN2CC(C(=O)N(CC(C)C(=O)O)C3CC3)CC2=O)cc1. The van der Waals surface area contributed by atoms with Crippen LogP contribution in [-0.2, 0) is 20.9 Å². The number of benzene rings is 1. The van der Waals surface area contributed by atoms with Crippen molar-refractivity contribution >= 4 is 17.8 Å². The predicted molar refractivity (Wildman–Crippen MR) is 98.1 cm³/mol. The lowest BCUT2D eigenvalue weighted by Gasteiger charge is -2.27. The van der Waals surface area contributed by atoms with Crippen LogP contribution < -0.4 is 4.74 Å². The van der Waals surface area contributed by atoms with Crippen molar-refractivity contribution in [2.24, 2.45) is 11.8 Å². The fourth-order valence-corrected chi connectivity index (χ4v) is 3.45. The molecule has 1 aliphatic carbocycles. The molecular weight excluding hydrogens is 348 g/mol. The van der Waals surface area contributed by atoms with E-state index < -0.39 is 17.8 Å². The minimum Gasteiger partial charge on any atom is -0.497 e. The van der Waals surface area contributed by atoms with E-state index in [1.54, 1.807) is 23.8 Å². The highest BCUT2D eigenvalue weighted by Crippen LogP contribution is 2.31. The lowest BCUT2D eigenvalue weighted by molar-refractivity contribution is -0.144. The van der Waals surface area contributed by atoms with Gasteiger partial charge in [-0.1, -0.05) is 19.1 Å². The molecule has 2 amide bonds. The number of likely N-dealkylation sites (tertiary alicyclic amines) is 1. The summed E-state index contributed by atoms with van der Waals surface area (Å²) in [6.45, 7) is 2.67. The van der Waals surface area contributed by atoms with Gasteiger partial charge in [0.1, 0.15) is 5.75 Å². The molecular formula is C20H26N2O5. The van der Waals surface area contributed by atoms with Crippen molar-refractivity contribution in [1.29, 1.82) is 0 Å². The molecule has 2 unspecified atom stereocenters. The van der Waals surface area contributed by atoms with Gasteiger partial charge in [-0.25, -0.2) is 0 Å². The van der Waals surface area contributed by atoms with E-state index in [2.05, 4.69) is 0 Å². The maximum atomic E-state index is 12.9. The zero-order valence-electron chi connectivity index (χ0n) is 15.8. The van der Waals surface area contributed by atoms with Crippen LogP contribution in [0.4, 0.5) is 0 Å². The molecule has 3 rings (SSSR count). The van der Waals surface area contributed by atoms with Gasteiger partial charge in [-0.2, -0.15) is 0 Å². The van der Waals surface area contributed by atoms with Crippen molar-refractivity contribution in [3.63, 3.8) is 0 Å². The quantitative estimate of drug-likeness (QED) is 0.749. The van der Waals surface area contributed by atoms with Crippen LogP contribution in [0.1, 0.15) is 31.7 Å². The Balaban J connectivity index is 1.62. The monoisotopic (exact) mass is 374 g/mol. The number of carbonyl (C=O) groups is 3. The molecule has 7 nitrogen and oxygen atoms in total. The number of aliphatic carboxylic acids is 1. The number of carboxylic acid groups (broad SMARTS) is 1. The molecule has 1 N–H and O–H groups in total. The van der Waals surface area contributed by atoms with Crippen LogP contribution >= 0.6 is 0 Å². The number of nitrogens with zero attached hydrogens (tertiary/aromatic N) is 2. The molecule has 2 atom stereocenters. The largest absolute Gasteiger partial charge is 0.497 e. The van der Waals surface area contributed by atoms with Gasteiger partial charge in [0, 0.05) is 32.1 Å². The van der Waals surface area contributed by atoms with Crippen LogP contribution in [0.2, 0.25) is 0 Å². The van der Waals surface area contributed by atoms with Crippen LogP contribution in [0.15, 0.2) is 24.3 Å². The molecule has 2 aliphatic rings. The number of methoxy groups -OCH3 is 1. The average molecular weight is 374 g/mol. The standard InChI is InChI=1S/C20H26N2O5/c1-13(20(25)26)10-22(16-5-6-16)19(24)15-9-18(23)21(12-15)11-14-3-7-17(27-2)8-4-14/h3-4,7-8,13,15-16H,5-6,9-12H2,1-2H3,(H,25,26). The number of carbonyl (C=O) groups excluding carboxylic acids is 2. The smallest absolute Gasteiger partial charge is 0.308 e. The summed E-state index contributed by atoms with van der Waals surface area (Å²) >= 11 is 0. The van der Waals surface area contributed by atoms with Crippen molar-refractivity contribution in [3.05, 3.63) is 29.8 Å². The summed E-state index contributed by atoms with van der Waals surface area (Å²) in [6.07, 6.45) is 2.02. The van der Waals surface area contributed by atoms with Crippen molar-refractivity contribution < 1.29 is 24.2 Å². The Morgan fingerprint density at radius 2 is 1.96 bits per heavy atom. The van der Waals surface area contributed by atoms with E-state index in [1.807, 2.05) is 24.3 Å². The van der Waals surface area contributed by atoms with Gasteiger partial charge in [-0.3, -0.25) is 14.4 Å². The van der Waals surface area contributed by atoms with Gasteiger partial charge >= 0.3 is 5.97 Å². The van der Waals surface area contributed by atoms with E-state index in [0.29, 0.717) is 13.1 Å². The Kier molecular flexibility index (Phi) is 5.68. The topological polar surface area (TPSA) is 87.2 Å². The summed E-state index contributed by atoms with van der Waals surface area (Å²) < 4.78 is 5.14. The lowest BCUT2D eigenvalue weighted by atomic mass is 10.1. The van der Waals surface area contributed by atoms with E-state index in [0.717, 1.165) is 24.2 Å². The highest BCUT2D eigenvalue weighted by molar-refractivity contribution is 5.89. The van der Waals surface area contributed by atoms with E-state index >= 15 is 0 Å². The van der Waals surface area contributed by atoms with Crippen LogP contribution in [0.25, 0.3) is 0 Å². The second-order valence-electron chi connectivity index (χ2n) is 7.48. The Morgan fingerprint density at radius 3 is 2.52 bits per heavy atom. The number of hydrogen-bond donors (Lipinski definition) is 1. The van der Waals surface area contributed by atoms with Crippen LogP contribution in [0, 0.1) is 11.8 Å². The van der Waals surface area contributed by atoms with Crippen molar-refractivity contribution in [1.82, 2.24) is 9.80 Å². The summed E-state index contributed by atoms with van der Waals surface area (Å²) in [5, 5.41) is 9.16. The van der Waals surface area contributed by atoms with Crippen LogP contribution in [-0.4, -0.2) is 58.9 Å². The van der Waals surface area contributed by atoms with E-state index in [-0.39, 0.29) is 30.8 Å². The van der Waals surface area contributed by atoms with E-state index in [4.69, 9.17) is 9.84 Å². The molecule has 1 saturated carbocycles. The predicted octanol–water partition coefficient (Wildman–Crippen LogP) is 1.76. The normalized spacial score (nSPS) is 20.4. The molecule has 1 heterocycles. The first-order chi connectivity index (χ1) is 12.9. The van der Waals surface area contributed by atoms with Gasteiger partial charge in [0.25, 0.3) is 0 Å². The maximum absolute atomic E-state index is 12.9. The zero-order valence-corrected chi connectivity index (χ0v) is 15.8. The molecule has 1 aliphatic heterocycles. The zero-order chi connectivity index (χ0) is 19.6. The van der Waals surface area contributed by atoms with Crippen molar-refractivity contribution in [3.8, 4) is 5.75 Å². The highest BCUT2D eigenvalue weighted by Gasteiger charge is 2.41. The Hall–Kier alpha value is -2.57. The molecule has 0 bridgehead atoms. The molecule has 0 spiro atoms. The van der Waals surface area contributed by atoms with Crippen LogP contribution in [0.3, 0.4) is 0 Å². The van der Waals surface area contributed by atoms with Crippen molar-refractivity contribution in [2.75, 3.05) is 20.2 Å². The van der Waals surface area contributed by atoms with E-state index in [9.17, 15) is 14.4 Å². The third-order valence-electron chi connectivity index (χ3n) is 5.26. The molecule has 1 saturated heterocycles. The highest BCUT2D eigenvalue weighted by atomic mass is 16.5. The Labute approximate surface area is 158 Å². The summed E-state index contributed by atoms with van der Waals surface area (Å²) in [5.74, 6) is -1.27. The Bertz CT molecular complexity index is 714. The first kappa shape index (κ1) is 19.2. The van der Waals surface area contributed by atoms with E-state index in [1.165, 1.54) is 0 Å². The first-order valence-electron chi connectivity index (χ1n) is 9.33. The molecule has 1 aromatic carbocycles. The third-order valence-corrected chi connectivity index (χ3v) is 5.26. The minimum absolute atomic E-state index is 0.0359. The minimum atomic E-state index is -0.905. The first-order valence-corrected chi connectivity index (χ1v) is 9.33. The Morgan fingerprint density at radius 1 is 1.30 bits per heavy atom. The molecule has 0 radical (unpaired) electrons. The second kappa shape index (κ2) is 7.98.